The van der Waals surface area contributed by atoms with E-state index in [1.165, 1.54) is 0 Å². The number of benzene rings is 1. The van der Waals surface area contributed by atoms with E-state index >= 15 is 0 Å². The molecule has 0 saturated carbocycles. The van der Waals surface area contributed by atoms with Gasteiger partial charge in [-0.05, 0) is 12.8 Å². The lowest BCUT2D eigenvalue weighted by Crippen LogP contribution is -2.46. The van der Waals surface area contributed by atoms with Crippen LogP contribution in [0.5, 0.6) is 17.4 Å². The Morgan fingerprint density at radius 2 is 1.96 bits per heavy atom. The number of aromatic nitrogens is 2. The summed E-state index contributed by atoms with van der Waals surface area (Å²) in [6.45, 7) is 1.16. The first-order chi connectivity index (χ1) is 12.7. The molecule has 2 aromatic rings. The Morgan fingerprint density at radius 3 is 2.62 bits per heavy atom. The van der Waals surface area contributed by atoms with Crippen LogP contribution < -0.4 is 19.5 Å². The van der Waals surface area contributed by atoms with Crippen molar-refractivity contribution >= 4 is 11.7 Å². The van der Waals surface area contributed by atoms with Gasteiger partial charge in [-0.15, -0.1) is 0 Å². The minimum absolute atomic E-state index is 0.106. The summed E-state index contributed by atoms with van der Waals surface area (Å²) in [5, 5.41) is 2.89. The summed E-state index contributed by atoms with van der Waals surface area (Å²) in [6.07, 6.45) is 6.37. The second kappa shape index (κ2) is 8.37. The fourth-order valence-electron chi connectivity index (χ4n) is 2.82. The van der Waals surface area contributed by atoms with Gasteiger partial charge < -0.3 is 24.4 Å². The smallest absolute Gasteiger partial charge is 0.321 e. The van der Waals surface area contributed by atoms with E-state index in [4.69, 9.17) is 14.2 Å². The van der Waals surface area contributed by atoms with Gasteiger partial charge in [-0.1, -0.05) is 0 Å². The third-order valence-corrected chi connectivity index (χ3v) is 4.09. The molecule has 1 atom stereocenters. The lowest BCUT2D eigenvalue weighted by atomic mass is 10.1. The topological polar surface area (TPSA) is 85.8 Å². The Kier molecular flexibility index (Phi) is 5.73. The van der Waals surface area contributed by atoms with E-state index in [9.17, 15) is 4.79 Å². The second-order valence-corrected chi connectivity index (χ2v) is 5.90. The van der Waals surface area contributed by atoms with Gasteiger partial charge in [0.15, 0.2) is 0 Å². The Hall–Kier alpha value is -3.03. The zero-order chi connectivity index (χ0) is 18.4. The third-order valence-electron chi connectivity index (χ3n) is 4.09. The Morgan fingerprint density at radius 1 is 1.19 bits per heavy atom. The van der Waals surface area contributed by atoms with Crippen molar-refractivity contribution in [3.05, 3.63) is 36.8 Å². The lowest BCUT2D eigenvalue weighted by Gasteiger charge is -2.32. The standard InChI is InChI=1S/C18H22N4O4/c1-24-15-8-13(9-16(10-15)25-2)21-18(23)22-7-3-4-14(12-22)26-17-11-19-5-6-20-17/h5-6,8-11,14H,3-4,7,12H2,1-2H3,(H,21,23). The maximum Gasteiger partial charge on any atom is 0.321 e. The van der Waals surface area contributed by atoms with E-state index in [0.717, 1.165) is 12.8 Å². The molecule has 1 aromatic carbocycles. The van der Waals surface area contributed by atoms with Crippen LogP contribution in [0.15, 0.2) is 36.8 Å². The van der Waals surface area contributed by atoms with Gasteiger partial charge in [0.25, 0.3) is 0 Å². The Labute approximate surface area is 152 Å². The first-order valence-corrected chi connectivity index (χ1v) is 8.39. The Bertz CT molecular complexity index is 719. The largest absolute Gasteiger partial charge is 0.497 e. The number of rotatable bonds is 5. The maximum absolute atomic E-state index is 12.6. The summed E-state index contributed by atoms with van der Waals surface area (Å²) in [4.78, 5) is 22.5. The number of piperidine rings is 1. The molecule has 0 radical (unpaired) electrons. The number of likely N-dealkylation sites (tertiary alicyclic amines) is 1. The molecular weight excluding hydrogens is 336 g/mol. The molecule has 0 spiro atoms. The number of carbonyl (C=O) groups excluding carboxylic acids is 1. The minimum atomic E-state index is -0.187. The average molecular weight is 358 g/mol. The van der Waals surface area contributed by atoms with Gasteiger partial charge >= 0.3 is 6.03 Å². The number of ether oxygens (including phenoxy) is 3. The molecule has 3 rings (SSSR count). The highest BCUT2D eigenvalue weighted by atomic mass is 16.5. The third kappa shape index (κ3) is 4.53. The summed E-state index contributed by atoms with van der Waals surface area (Å²) in [7, 11) is 3.14. The molecule has 138 valence electrons. The molecule has 26 heavy (non-hydrogen) atoms. The molecular formula is C18H22N4O4. The van der Waals surface area contributed by atoms with E-state index in [0.29, 0.717) is 36.2 Å². The molecule has 1 aliphatic heterocycles. The quantitative estimate of drug-likeness (QED) is 0.884. The summed E-state index contributed by atoms with van der Waals surface area (Å²) >= 11 is 0. The fraction of sp³-hybridized carbons (Fsp3) is 0.389. The van der Waals surface area contributed by atoms with Crippen molar-refractivity contribution < 1.29 is 19.0 Å². The normalized spacial score (nSPS) is 16.7. The monoisotopic (exact) mass is 358 g/mol. The van der Waals surface area contributed by atoms with Crippen LogP contribution in [-0.4, -0.2) is 54.3 Å². The van der Waals surface area contributed by atoms with Gasteiger partial charge in [0, 0.05) is 42.8 Å². The van der Waals surface area contributed by atoms with E-state index < -0.39 is 0 Å². The number of hydrogen-bond acceptors (Lipinski definition) is 6. The number of nitrogens with zero attached hydrogens (tertiary/aromatic N) is 3. The number of nitrogens with one attached hydrogen (secondary N) is 1. The molecule has 8 nitrogen and oxygen atoms in total. The molecule has 2 amide bonds. The minimum Gasteiger partial charge on any atom is -0.497 e. The van der Waals surface area contributed by atoms with Crippen molar-refractivity contribution in [3.63, 3.8) is 0 Å². The first-order valence-electron chi connectivity index (χ1n) is 8.39. The number of hydrogen-bond donors (Lipinski definition) is 1. The number of amides is 2. The van der Waals surface area contributed by atoms with Gasteiger partial charge in [-0.3, -0.25) is 4.98 Å². The highest BCUT2D eigenvalue weighted by Gasteiger charge is 2.25. The molecule has 8 heteroatoms. The van der Waals surface area contributed by atoms with Crippen LogP contribution >= 0.6 is 0 Å². The molecule has 1 fully saturated rings. The molecule has 1 saturated heterocycles. The average Bonchev–Trinajstić information content (AvgIpc) is 2.68. The van der Waals surface area contributed by atoms with E-state index in [1.54, 1.807) is 55.9 Å². The molecule has 1 aromatic heterocycles. The van der Waals surface area contributed by atoms with Crippen LogP contribution in [0.2, 0.25) is 0 Å². The predicted octanol–water partition coefficient (Wildman–Crippen LogP) is 2.57. The van der Waals surface area contributed by atoms with Gasteiger partial charge in [0.2, 0.25) is 5.88 Å². The fourth-order valence-corrected chi connectivity index (χ4v) is 2.82. The van der Waals surface area contributed by atoms with Crippen LogP contribution in [0.4, 0.5) is 10.5 Å². The van der Waals surface area contributed by atoms with Gasteiger partial charge in [-0.2, -0.15) is 0 Å². The summed E-state index contributed by atoms with van der Waals surface area (Å²) in [6, 6.07) is 5.06. The van der Waals surface area contributed by atoms with Gasteiger partial charge in [-0.25, -0.2) is 9.78 Å². The Balaban J connectivity index is 1.62. The number of anilines is 1. The van der Waals surface area contributed by atoms with Crippen molar-refractivity contribution in [2.75, 3.05) is 32.6 Å². The van der Waals surface area contributed by atoms with Crippen molar-refractivity contribution in [3.8, 4) is 17.4 Å². The van der Waals surface area contributed by atoms with Crippen molar-refractivity contribution in [2.45, 2.75) is 18.9 Å². The van der Waals surface area contributed by atoms with Crippen molar-refractivity contribution in [2.24, 2.45) is 0 Å². The zero-order valence-electron chi connectivity index (χ0n) is 14.8. The number of carbonyl (C=O) groups is 1. The highest BCUT2D eigenvalue weighted by molar-refractivity contribution is 5.90. The van der Waals surface area contributed by atoms with E-state index in [2.05, 4.69) is 15.3 Å². The van der Waals surface area contributed by atoms with Crippen LogP contribution in [0.25, 0.3) is 0 Å². The highest BCUT2D eigenvalue weighted by Crippen LogP contribution is 2.26. The van der Waals surface area contributed by atoms with Crippen LogP contribution in [0.1, 0.15) is 12.8 Å². The molecule has 0 bridgehead atoms. The van der Waals surface area contributed by atoms with Crippen LogP contribution in [-0.2, 0) is 0 Å². The number of urea groups is 1. The maximum atomic E-state index is 12.6. The summed E-state index contributed by atoms with van der Waals surface area (Å²) < 4.78 is 16.3. The molecule has 1 aliphatic rings. The molecule has 0 aliphatic carbocycles. The van der Waals surface area contributed by atoms with Gasteiger partial charge in [0.05, 0.1) is 27.0 Å². The molecule has 1 unspecified atom stereocenters. The summed E-state index contributed by atoms with van der Waals surface area (Å²) in [5.41, 5.74) is 0.614. The summed E-state index contributed by atoms with van der Waals surface area (Å²) in [5.74, 6) is 1.70. The van der Waals surface area contributed by atoms with Crippen molar-refractivity contribution in [1.29, 1.82) is 0 Å². The zero-order valence-corrected chi connectivity index (χ0v) is 14.8. The number of methoxy groups -OCH3 is 2. The predicted molar refractivity (Wildman–Crippen MR) is 95.8 cm³/mol. The van der Waals surface area contributed by atoms with Crippen LogP contribution in [0, 0.1) is 0 Å². The van der Waals surface area contributed by atoms with Crippen molar-refractivity contribution in [1.82, 2.24) is 14.9 Å². The molecule has 2 heterocycles. The van der Waals surface area contributed by atoms with E-state index in [1.807, 2.05) is 0 Å². The lowest BCUT2D eigenvalue weighted by molar-refractivity contribution is 0.102. The molecule has 1 N–H and O–H groups in total. The van der Waals surface area contributed by atoms with Crippen LogP contribution in [0.3, 0.4) is 0 Å². The van der Waals surface area contributed by atoms with E-state index in [-0.39, 0.29) is 12.1 Å². The first kappa shape index (κ1) is 17.8. The SMILES string of the molecule is COc1cc(NC(=O)N2CCCC(Oc3cnccn3)C2)cc(OC)c1. The van der Waals surface area contributed by atoms with Gasteiger partial charge in [0.1, 0.15) is 17.6 Å². The second-order valence-electron chi connectivity index (χ2n) is 5.90.